The largest absolute Gasteiger partial charge is 0.481 e. The molecule has 0 aromatic rings. The van der Waals surface area contributed by atoms with Gasteiger partial charge >= 0.3 is 5.97 Å². The first-order valence-corrected chi connectivity index (χ1v) is 5.71. The van der Waals surface area contributed by atoms with Crippen molar-refractivity contribution in [3.8, 4) is 0 Å². The molecule has 1 saturated heterocycles. The van der Waals surface area contributed by atoms with Gasteiger partial charge in [0.15, 0.2) is 0 Å². The molecule has 1 rings (SSSR count). The van der Waals surface area contributed by atoms with E-state index in [2.05, 4.69) is 0 Å². The summed E-state index contributed by atoms with van der Waals surface area (Å²) in [6, 6.07) is 0. The lowest BCUT2D eigenvalue weighted by Gasteiger charge is -2.30. The van der Waals surface area contributed by atoms with Crippen molar-refractivity contribution >= 4 is 17.8 Å². The molecule has 1 heterocycles. The lowest BCUT2D eigenvalue weighted by Crippen LogP contribution is -2.42. The Kier molecular flexibility index (Phi) is 4.48. The number of nitrogens with zero attached hydrogens (tertiary/aromatic N) is 1. The van der Waals surface area contributed by atoms with Crippen LogP contribution in [0.25, 0.3) is 0 Å². The molecule has 0 aromatic heterocycles. The Morgan fingerprint density at radius 1 is 1.59 bits per heavy atom. The summed E-state index contributed by atoms with van der Waals surface area (Å²) in [6.45, 7) is 2.63. The van der Waals surface area contributed by atoms with Crippen molar-refractivity contribution in [1.82, 2.24) is 4.90 Å². The van der Waals surface area contributed by atoms with Crippen LogP contribution in [0, 0.1) is 11.8 Å². The maximum absolute atomic E-state index is 11.6. The Bertz CT molecular complexity index is 329. The van der Waals surface area contributed by atoms with Gasteiger partial charge in [-0.2, -0.15) is 0 Å². The summed E-state index contributed by atoms with van der Waals surface area (Å²) >= 11 is 0. The van der Waals surface area contributed by atoms with Crippen LogP contribution in [0.5, 0.6) is 0 Å². The minimum Gasteiger partial charge on any atom is -0.481 e. The number of primary amides is 1. The van der Waals surface area contributed by atoms with Gasteiger partial charge in [0.2, 0.25) is 11.8 Å². The average molecular weight is 242 g/mol. The fraction of sp³-hybridized carbons (Fsp3) is 0.727. The molecule has 0 bridgehead atoms. The third-order valence-corrected chi connectivity index (χ3v) is 3.19. The summed E-state index contributed by atoms with van der Waals surface area (Å²) < 4.78 is 0. The monoisotopic (exact) mass is 242 g/mol. The highest BCUT2D eigenvalue weighted by Crippen LogP contribution is 2.19. The van der Waals surface area contributed by atoms with E-state index in [1.807, 2.05) is 0 Å². The molecule has 3 N–H and O–H groups in total. The molecule has 2 unspecified atom stereocenters. The van der Waals surface area contributed by atoms with Crippen molar-refractivity contribution in [2.24, 2.45) is 17.6 Å². The molecule has 96 valence electrons. The molecular weight excluding hydrogens is 224 g/mol. The molecule has 1 aliphatic rings. The van der Waals surface area contributed by atoms with Crippen molar-refractivity contribution in [3.63, 3.8) is 0 Å². The van der Waals surface area contributed by atoms with Crippen LogP contribution in [-0.4, -0.2) is 40.9 Å². The van der Waals surface area contributed by atoms with E-state index in [0.29, 0.717) is 25.9 Å². The maximum Gasteiger partial charge on any atom is 0.307 e. The summed E-state index contributed by atoms with van der Waals surface area (Å²) in [7, 11) is 0. The van der Waals surface area contributed by atoms with Crippen molar-refractivity contribution in [1.29, 1.82) is 0 Å². The third-order valence-electron chi connectivity index (χ3n) is 3.19. The van der Waals surface area contributed by atoms with Gasteiger partial charge in [0.25, 0.3) is 0 Å². The molecule has 0 spiro atoms. The molecule has 0 saturated carbocycles. The predicted octanol–water partition coefficient (Wildman–Crippen LogP) is -0.179. The van der Waals surface area contributed by atoms with Crippen molar-refractivity contribution in [3.05, 3.63) is 0 Å². The van der Waals surface area contributed by atoms with E-state index in [4.69, 9.17) is 10.8 Å². The van der Waals surface area contributed by atoms with Crippen LogP contribution < -0.4 is 5.73 Å². The van der Waals surface area contributed by atoms with E-state index >= 15 is 0 Å². The van der Waals surface area contributed by atoms with Crippen molar-refractivity contribution in [2.45, 2.75) is 26.2 Å². The Hall–Kier alpha value is -1.59. The highest BCUT2D eigenvalue weighted by molar-refractivity contribution is 5.83. The van der Waals surface area contributed by atoms with Crippen LogP contribution in [0.15, 0.2) is 0 Å². The number of hydrogen-bond acceptors (Lipinski definition) is 3. The van der Waals surface area contributed by atoms with Crippen molar-refractivity contribution < 1.29 is 19.5 Å². The molecule has 0 radical (unpaired) electrons. The number of carboxylic acids is 1. The topological polar surface area (TPSA) is 101 Å². The number of carbonyl (C=O) groups is 3. The van der Waals surface area contributed by atoms with Gasteiger partial charge in [-0.25, -0.2) is 0 Å². The SMILES string of the molecule is CC(CCN1CCC(C(=O)O)CC1=O)C(N)=O. The number of aliphatic carboxylic acids is 1. The molecule has 0 aliphatic carbocycles. The number of rotatable bonds is 5. The van der Waals surface area contributed by atoms with Gasteiger partial charge in [-0.3, -0.25) is 14.4 Å². The quantitative estimate of drug-likeness (QED) is 0.698. The normalized spacial score (nSPS) is 22.3. The van der Waals surface area contributed by atoms with Gasteiger partial charge in [-0.15, -0.1) is 0 Å². The highest BCUT2D eigenvalue weighted by atomic mass is 16.4. The van der Waals surface area contributed by atoms with E-state index in [9.17, 15) is 14.4 Å². The first kappa shape index (κ1) is 13.5. The molecule has 17 heavy (non-hydrogen) atoms. The standard InChI is InChI=1S/C11H18N2O4/c1-7(10(12)15)2-4-13-5-3-8(11(16)17)6-9(13)14/h7-8H,2-6H2,1H3,(H2,12,15)(H,16,17). The summed E-state index contributed by atoms with van der Waals surface area (Å²) in [5.41, 5.74) is 5.13. The van der Waals surface area contributed by atoms with E-state index in [1.165, 1.54) is 0 Å². The first-order chi connectivity index (χ1) is 7.91. The highest BCUT2D eigenvalue weighted by Gasteiger charge is 2.30. The molecule has 1 fully saturated rings. The molecule has 2 amide bonds. The molecular formula is C11H18N2O4. The van der Waals surface area contributed by atoms with Crippen LogP contribution in [0.4, 0.5) is 0 Å². The van der Waals surface area contributed by atoms with Gasteiger partial charge in [0.1, 0.15) is 0 Å². The zero-order chi connectivity index (χ0) is 13.0. The van der Waals surface area contributed by atoms with Crippen LogP contribution in [0.2, 0.25) is 0 Å². The van der Waals surface area contributed by atoms with Gasteiger partial charge in [-0.1, -0.05) is 6.92 Å². The lowest BCUT2D eigenvalue weighted by atomic mass is 9.96. The number of carboxylic acid groups (broad SMARTS) is 1. The zero-order valence-corrected chi connectivity index (χ0v) is 9.89. The smallest absolute Gasteiger partial charge is 0.307 e. The summed E-state index contributed by atoms with van der Waals surface area (Å²) in [5.74, 6) is -2.27. The number of amides is 2. The molecule has 1 aliphatic heterocycles. The molecule has 6 nitrogen and oxygen atoms in total. The minimum atomic E-state index is -0.913. The third kappa shape index (κ3) is 3.72. The second-order valence-electron chi connectivity index (χ2n) is 4.50. The van der Waals surface area contributed by atoms with Crippen molar-refractivity contribution in [2.75, 3.05) is 13.1 Å². The van der Waals surface area contributed by atoms with Crippen LogP contribution in [0.3, 0.4) is 0 Å². The van der Waals surface area contributed by atoms with Gasteiger partial charge in [0, 0.05) is 25.4 Å². The Morgan fingerprint density at radius 3 is 2.71 bits per heavy atom. The van der Waals surface area contributed by atoms with E-state index in [0.717, 1.165) is 0 Å². The van der Waals surface area contributed by atoms with E-state index in [-0.39, 0.29) is 24.2 Å². The maximum atomic E-state index is 11.6. The van der Waals surface area contributed by atoms with E-state index < -0.39 is 11.9 Å². The van der Waals surface area contributed by atoms with E-state index in [1.54, 1.807) is 11.8 Å². The van der Waals surface area contributed by atoms with Gasteiger partial charge in [-0.05, 0) is 12.8 Å². The zero-order valence-electron chi connectivity index (χ0n) is 9.89. The predicted molar refractivity (Wildman–Crippen MR) is 59.9 cm³/mol. The summed E-state index contributed by atoms with van der Waals surface area (Å²) in [4.78, 5) is 34.8. The number of hydrogen-bond donors (Lipinski definition) is 2. The van der Waals surface area contributed by atoms with Crippen LogP contribution >= 0.6 is 0 Å². The van der Waals surface area contributed by atoms with Crippen LogP contribution in [0.1, 0.15) is 26.2 Å². The fourth-order valence-corrected chi connectivity index (χ4v) is 1.82. The number of carbonyl (C=O) groups excluding carboxylic acids is 2. The number of likely N-dealkylation sites (tertiary alicyclic amines) is 1. The molecule has 0 aromatic carbocycles. The number of piperidine rings is 1. The summed E-state index contributed by atoms with van der Waals surface area (Å²) in [5, 5.41) is 8.80. The lowest BCUT2D eigenvalue weighted by molar-refractivity contribution is -0.149. The average Bonchev–Trinajstić information content (AvgIpc) is 2.26. The molecule has 2 atom stereocenters. The van der Waals surface area contributed by atoms with Gasteiger partial charge in [0.05, 0.1) is 5.92 Å². The minimum absolute atomic E-state index is 0.0558. The second-order valence-corrected chi connectivity index (χ2v) is 4.50. The Balaban J connectivity index is 2.40. The Morgan fingerprint density at radius 2 is 2.24 bits per heavy atom. The number of nitrogens with two attached hydrogens (primary N) is 1. The Labute approximate surface area is 99.8 Å². The molecule has 6 heteroatoms. The fourth-order valence-electron chi connectivity index (χ4n) is 1.82. The summed E-state index contributed by atoms with van der Waals surface area (Å²) in [6.07, 6.45) is 1.06. The second kappa shape index (κ2) is 5.65. The van der Waals surface area contributed by atoms with Gasteiger partial charge < -0.3 is 15.7 Å². The first-order valence-electron chi connectivity index (χ1n) is 5.71. The van der Waals surface area contributed by atoms with Crippen LogP contribution in [-0.2, 0) is 14.4 Å².